The van der Waals surface area contributed by atoms with Crippen molar-refractivity contribution in [2.45, 2.75) is 32.8 Å². The summed E-state index contributed by atoms with van der Waals surface area (Å²) in [6, 6.07) is 13.6. The Morgan fingerprint density at radius 3 is 2.61 bits per heavy atom. The maximum atomic E-state index is 13.2. The lowest BCUT2D eigenvalue weighted by Gasteiger charge is -2.22. The third-order valence-electron chi connectivity index (χ3n) is 5.58. The number of H-pyrrole nitrogens is 1. The number of fused-ring (bicyclic) bond motifs is 1. The van der Waals surface area contributed by atoms with Crippen molar-refractivity contribution < 1.29 is 27.4 Å². The first-order valence-corrected chi connectivity index (χ1v) is 12.0. The molecule has 0 unspecified atom stereocenters. The normalized spacial score (nSPS) is 11.6. The van der Waals surface area contributed by atoms with Crippen LogP contribution in [0.15, 0.2) is 58.7 Å². The van der Waals surface area contributed by atoms with Gasteiger partial charge in [0.2, 0.25) is 0 Å². The minimum Gasteiger partial charge on any atom is -0.493 e. The fourth-order valence-electron chi connectivity index (χ4n) is 3.84. The molecule has 1 amide bonds. The van der Waals surface area contributed by atoms with Crippen LogP contribution < -0.4 is 15.2 Å². The van der Waals surface area contributed by atoms with Crippen molar-refractivity contribution in [3.8, 4) is 11.5 Å². The molecule has 0 fully saturated rings. The van der Waals surface area contributed by atoms with Crippen LogP contribution in [0, 0.1) is 0 Å². The molecule has 0 atom stereocenters. The largest absolute Gasteiger partial charge is 0.493 e. The standard InChI is InChI=1S/C25H24F3N3O4S/c1-3-30(13-16-6-9-21(22(11-16)34-2)35-14-18-5-4-10-36-18)23(32)17-7-8-20-19(12-17)29-24(33)31(20)15-25(26,27)28/h4-12H,3,13-15H2,1-2H3,(H,29,33). The van der Waals surface area contributed by atoms with Crippen LogP contribution in [0.5, 0.6) is 11.5 Å². The number of hydrogen-bond donors (Lipinski definition) is 1. The van der Waals surface area contributed by atoms with Gasteiger partial charge in [0.05, 0.1) is 18.1 Å². The number of alkyl halides is 3. The van der Waals surface area contributed by atoms with Gasteiger partial charge in [-0.25, -0.2) is 4.79 Å². The fourth-order valence-corrected chi connectivity index (χ4v) is 4.45. The van der Waals surface area contributed by atoms with E-state index in [-0.39, 0.29) is 29.0 Å². The highest BCUT2D eigenvalue weighted by Crippen LogP contribution is 2.30. The lowest BCUT2D eigenvalue weighted by molar-refractivity contribution is -0.140. The Labute approximate surface area is 208 Å². The van der Waals surface area contributed by atoms with E-state index in [4.69, 9.17) is 9.47 Å². The zero-order chi connectivity index (χ0) is 25.9. The molecule has 0 spiro atoms. The second-order valence-corrected chi connectivity index (χ2v) is 9.07. The molecule has 2 heterocycles. The monoisotopic (exact) mass is 519 g/mol. The van der Waals surface area contributed by atoms with Crippen LogP contribution in [0.2, 0.25) is 0 Å². The summed E-state index contributed by atoms with van der Waals surface area (Å²) >= 11 is 1.60. The van der Waals surface area contributed by atoms with Gasteiger partial charge in [-0.15, -0.1) is 11.3 Å². The van der Waals surface area contributed by atoms with E-state index in [0.717, 1.165) is 10.4 Å². The van der Waals surface area contributed by atoms with Gasteiger partial charge < -0.3 is 19.4 Å². The first-order chi connectivity index (χ1) is 17.2. The molecule has 0 aliphatic heterocycles. The number of imidazole rings is 1. The number of hydrogen-bond acceptors (Lipinski definition) is 5. The predicted molar refractivity (Wildman–Crippen MR) is 131 cm³/mol. The Bertz CT molecular complexity index is 1410. The van der Waals surface area contributed by atoms with Crippen LogP contribution in [-0.2, 0) is 19.7 Å². The minimum absolute atomic E-state index is 0.0831. The maximum Gasteiger partial charge on any atom is 0.406 e. The molecule has 36 heavy (non-hydrogen) atoms. The molecular weight excluding hydrogens is 495 g/mol. The molecule has 4 aromatic rings. The summed E-state index contributed by atoms with van der Waals surface area (Å²) in [6.45, 7) is 1.51. The number of nitrogens with one attached hydrogen (secondary N) is 1. The average Bonchev–Trinajstić information content (AvgIpc) is 3.47. The number of amides is 1. The number of ether oxygens (including phenoxy) is 2. The Kier molecular flexibility index (Phi) is 7.39. The SMILES string of the molecule is CCN(Cc1ccc(OCc2cccs2)c(OC)c1)C(=O)c1ccc2c(c1)[nH]c(=O)n2CC(F)(F)F. The van der Waals surface area contributed by atoms with E-state index < -0.39 is 18.4 Å². The lowest BCUT2D eigenvalue weighted by Crippen LogP contribution is -2.30. The molecule has 7 nitrogen and oxygen atoms in total. The smallest absolute Gasteiger partial charge is 0.406 e. The van der Waals surface area contributed by atoms with Gasteiger partial charge in [-0.1, -0.05) is 12.1 Å². The predicted octanol–water partition coefficient (Wildman–Crippen LogP) is 5.20. The zero-order valence-electron chi connectivity index (χ0n) is 19.6. The maximum absolute atomic E-state index is 13.2. The van der Waals surface area contributed by atoms with Gasteiger partial charge in [0.25, 0.3) is 5.91 Å². The van der Waals surface area contributed by atoms with E-state index >= 15 is 0 Å². The van der Waals surface area contributed by atoms with E-state index in [1.807, 2.05) is 30.5 Å². The number of methoxy groups -OCH3 is 1. The van der Waals surface area contributed by atoms with Gasteiger partial charge in [0, 0.05) is 23.5 Å². The topological polar surface area (TPSA) is 76.6 Å². The highest BCUT2D eigenvalue weighted by molar-refractivity contribution is 7.09. The van der Waals surface area contributed by atoms with Crippen LogP contribution in [0.3, 0.4) is 0 Å². The van der Waals surface area contributed by atoms with Crippen LogP contribution in [0.4, 0.5) is 13.2 Å². The van der Waals surface area contributed by atoms with Crippen molar-refractivity contribution in [1.82, 2.24) is 14.5 Å². The third-order valence-corrected chi connectivity index (χ3v) is 6.43. The highest BCUT2D eigenvalue weighted by Gasteiger charge is 2.30. The average molecular weight is 520 g/mol. The van der Waals surface area contributed by atoms with Gasteiger partial charge in [-0.3, -0.25) is 9.36 Å². The number of aromatic amines is 1. The molecular formula is C25H24F3N3O4S. The van der Waals surface area contributed by atoms with E-state index in [0.29, 0.717) is 29.2 Å². The molecule has 190 valence electrons. The molecule has 11 heteroatoms. The Balaban J connectivity index is 1.51. The Morgan fingerprint density at radius 1 is 1.14 bits per heavy atom. The van der Waals surface area contributed by atoms with E-state index in [2.05, 4.69) is 4.98 Å². The summed E-state index contributed by atoms with van der Waals surface area (Å²) < 4.78 is 50.4. The summed E-state index contributed by atoms with van der Waals surface area (Å²) in [7, 11) is 1.54. The van der Waals surface area contributed by atoms with Crippen LogP contribution >= 0.6 is 11.3 Å². The fraction of sp³-hybridized carbons (Fsp3) is 0.280. The molecule has 0 bridgehead atoms. The van der Waals surface area contributed by atoms with Crippen LogP contribution in [0.1, 0.15) is 27.7 Å². The summed E-state index contributed by atoms with van der Waals surface area (Å²) in [5.74, 6) is 0.806. The molecule has 2 aromatic carbocycles. The second-order valence-electron chi connectivity index (χ2n) is 8.04. The number of benzene rings is 2. The highest BCUT2D eigenvalue weighted by atomic mass is 32.1. The molecule has 1 N–H and O–H groups in total. The molecule has 4 rings (SSSR count). The molecule has 0 radical (unpaired) electrons. The van der Waals surface area contributed by atoms with Crippen molar-refractivity contribution in [2.24, 2.45) is 0 Å². The van der Waals surface area contributed by atoms with Crippen molar-refractivity contribution >= 4 is 28.3 Å². The molecule has 0 aliphatic carbocycles. The third kappa shape index (κ3) is 5.73. The van der Waals surface area contributed by atoms with Crippen LogP contribution in [0.25, 0.3) is 11.0 Å². The van der Waals surface area contributed by atoms with Crippen molar-refractivity contribution in [3.63, 3.8) is 0 Å². The van der Waals surface area contributed by atoms with Gasteiger partial charge >= 0.3 is 11.9 Å². The number of rotatable bonds is 9. The number of thiophene rings is 1. The number of carbonyl (C=O) groups is 1. The van der Waals surface area contributed by atoms with Gasteiger partial charge in [-0.2, -0.15) is 13.2 Å². The van der Waals surface area contributed by atoms with E-state index in [1.165, 1.54) is 18.2 Å². The Hall–Kier alpha value is -3.73. The van der Waals surface area contributed by atoms with Gasteiger partial charge in [0.15, 0.2) is 11.5 Å². The minimum atomic E-state index is -4.54. The number of carbonyl (C=O) groups excluding carboxylic acids is 1. The number of halogens is 3. The zero-order valence-corrected chi connectivity index (χ0v) is 20.4. The van der Waals surface area contributed by atoms with Gasteiger partial charge in [-0.05, 0) is 54.3 Å². The summed E-state index contributed by atoms with van der Waals surface area (Å²) in [5.41, 5.74) is 0.441. The first kappa shape index (κ1) is 25.4. The van der Waals surface area contributed by atoms with E-state index in [1.54, 1.807) is 35.5 Å². The molecule has 2 aromatic heterocycles. The Morgan fingerprint density at radius 2 is 1.94 bits per heavy atom. The molecule has 0 aliphatic rings. The number of nitrogens with zero attached hydrogens (tertiary/aromatic N) is 2. The first-order valence-electron chi connectivity index (χ1n) is 11.1. The quantitative estimate of drug-likeness (QED) is 0.330. The molecule has 0 saturated carbocycles. The van der Waals surface area contributed by atoms with Crippen LogP contribution in [-0.4, -0.2) is 40.2 Å². The van der Waals surface area contributed by atoms with Crippen molar-refractivity contribution in [2.75, 3.05) is 13.7 Å². The van der Waals surface area contributed by atoms with Crippen molar-refractivity contribution in [1.29, 1.82) is 0 Å². The summed E-state index contributed by atoms with van der Waals surface area (Å²) in [4.78, 5) is 30.3. The summed E-state index contributed by atoms with van der Waals surface area (Å²) in [6.07, 6.45) is -4.54. The molecule has 0 saturated heterocycles. The van der Waals surface area contributed by atoms with Gasteiger partial charge in [0.1, 0.15) is 13.2 Å². The number of aromatic nitrogens is 2. The lowest BCUT2D eigenvalue weighted by atomic mass is 10.1. The van der Waals surface area contributed by atoms with E-state index in [9.17, 15) is 22.8 Å². The van der Waals surface area contributed by atoms with Crippen molar-refractivity contribution in [3.05, 3.63) is 80.4 Å². The second kappa shape index (κ2) is 10.5. The summed E-state index contributed by atoms with van der Waals surface area (Å²) in [5, 5.41) is 1.98.